The van der Waals surface area contributed by atoms with Gasteiger partial charge in [0.1, 0.15) is 0 Å². The SMILES string of the molecule is CCCNC(=O)CN(C)CC(=O)NCc1ccc(S(=O)(=O)N2CCOCC2)cc1. The van der Waals surface area contributed by atoms with Crippen LogP contribution in [0.15, 0.2) is 29.2 Å². The highest BCUT2D eigenvalue weighted by atomic mass is 32.2. The quantitative estimate of drug-likeness (QED) is 0.536. The van der Waals surface area contributed by atoms with Gasteiger partial charge in [0.25, 0.3) is 0 Å². The summed E-state index contributed by atoms with van der Waals surface area (Å²) in [7, 11) is -1.82. The van der Waals surface area contributed by atoms with E-state index in [9.17, 15) is 18.0 Å². The molecule has 1 aromatic carbocycles. The Morgan fingerprint density at radius 2 is 1.66 bits per heavy atom. The Kier molecular flexibility index (Phi) is 9.02. The van der Waals surface area contributed by atoms with Crippen molar-refractivity contribution in [3.05, 3.63) is 29.8 Å². The van der Waals surface area contributed by atoms with E-state index < -0.39 is 10.0 Å². The second-order valence-electron chi connectivity index (χ2n) is 6.96. The van der Waals surface area contributed by atoms with E-state index >= 15 is 0 Å². The molecule has 29 heavy (non-hydrogen) atoms. The molecule has 10 heteroatoms. The number of nitrogens with zero attached hydrogens (tertiary/aromatic N) is 2. The molecule has 2 N–H and O–H groups in total. The molecular weight excluding hydrogens is 396 g/mol. The van der Waals surface area contributed by atoms with E-state index in [-0.39, 0.29) is 36.3 Å². The number of sulfonamides is 1. The predicted molar refractivity (Wildman–Crippen MR) is 109 cm³/mol. The molecule has 1 fully saturated rings. The van der Waals surface area contributed by atoms with Crippen molar-refractivity contribution in [1.29, 1.82) is 0 Å². The summed E-state index contributed by atoms with van der Waals surface area (Å²) in [5.74, 6) is -0.319. The minimum atomic E-state index is -3.52. The van der Waals surface area contributed by atoms with Crippen molar-refractivity contribution in [3.8, 4) is 0 Å². The van der Waals surface area contributed by atoms with E-state index in [2.05, 4.69) is 10.6 Å². The summed E-state index contributed by atoms with van der Waals surface area (Å²) in [4.78, 5) is 25.6. The molecule has 0 aromatic heterocycles. The third-order valence-corrected chi connectivity index (χ3v) is 6.33. The van der Waals surface area contributed by atoms with Crippen molar-refractivity contribution in [3.63, 3.8) is 0 Å². The predicted octanol–water partition coefficient (Wildman–Crippen LogP) is -0.218. The van der Waals surface area contributed by atoms with Crippen molar-refractivity contribution in [1.82, 2.24) is 19.8 Å². The number of likely N-dealkylation sites (N-methyl/N-ethyl adjacent to an activating group) is 1. The topological polar surface area (TPSA) is 108 Å². The van der Waals surface area contributed by atoms with E-state index in [0.717, 1.165) is 12.0 Å². The van der Waals surface area contributed by atoms with Crippen molar-refractivity contribution >= 4 is 21.8 Å². The fourth-order valence-electron chi connectivity index (χ4n) is 2.84. The molecule has 1 saturated heterocycles. The first-order chi connectivity index (χ1) is 13.8. The summed E-state index contributed by atoms with van der Waals surface area (Å²) in [5.41, 5.74) is 0.794. The summed E-state index contributed by atoms with van der Waals surface area (Å²) in [6, 6.07) is 6.48. The fourth-order valence-corrected chi connectivity index (χ4v) is 4.25. The van der Waals surface area contributed by atoms with Gasteiger partial charge in [-0.2, -0.15) is 4.31 Å². The molecule has 0 unspecified atom stereocenters. The van der Waals surface area contributed by atoms with Gasteiger partial charge in [-0.3, -0.25) is 14.5 Å². The van der Waals surface area contributed by atoms with Crippen LogP contribution in [0.5, 0.6) is 0 Å². The molecule has 162 valence electrons. The molecule has 0 spiro atoms. The van der Waals surface area contributed by atoms with Gasteiger partial charge in [0, 0.05) is 26.2 Å². The van der Waals surface area contributed by atoms with Crippen molar-refractivity contribution in [2.75, 3.05) is 53.0 Å². The van der Waals surface area contributed by atoms with E-state index in [1.165, 1.54) is 4.31 Å². The van der Waals surface area contributed by atoms with Crippen LogP contribution in [-0.4, -0.2) is 82.4 Å². The first kappa shape index (κ1) is 23.3. The second-order valence-corrected chi connectivity index (χ2v) is 8.90. The Morgan fingerprint density at radius 1 is 1.07 bits per heavy atom. The Labute approximate surface area is 172 Å². The molecule has 1 aliphatic heterocycles. The van der Waals surface area contributed by atoms with Crippen LogP contribution >= 0.6 is 0 Å². The molecule has 0 atom stereocenters. The van der Waals surface area contributed by atoms with Crippen LogP contribution in [0.3, 0.4) is 0 Å². The van der Waals surface area contributed by atoms with Crippen LogP contribution < -0.4 is 10.6 Å². The van der Waals surface area contributed by atoms with Crippen LogP contribution in [0.4, 0.5) is 0 Å². The molecule has 2 rings (SSSR count). The monoisotopic (exact) mass is 426 g/mol. The van der Waals surface area contributed by atoms with Crippen LogP contribution in [0, 0.1) is 0 Å². The van der Waals surface area contributed by atoms with Gasteiger partial charge in [0.05, 0.1) is 31.2 Å². The molecule has 1 aliphatic rings. The molecule has 0 radical (unpaired) electrons. The molecule has 2 amide bonds. The molecule has 1 aromatic rings. The Balaban J connectivity index is 1.80. The van der Waals surface area contributed by atoms with Crippen LogP contribution in [-0.2, 0) is 30.9 Å². The minimum Gasteiger partial charge on any atom is -0.379 e. The minimum absolute atomic E-state index is 0.100. The third kappa shape index (κ3) is 7.39. The van der Waals surface area contributed by atoms with Crippen LogP contribution in [0.2, 0.25) is 0 Å². The highest BCUT2D eigenvalue weighted by Crippen LogP contribution is 2.17. The summed E-state index contributed by atoms with van der Waals surface area (Å²) >= 11 is 0. The number of nitrogens with one attached hydrogen (secondary N) is 2. The average Bonchev–Trinajstić information content (AvgIpc) is 2.71. The Hall–Kier alpha value is -2.01. The molecular formula is C19H30N4O5S. The normalized spacial score (nSPS) is 15.3. The summed E-state index contributed by atoms with van der Waals surface area (Å²) in [5, 5.41) is 5.54. The summed E-state index contributed by atoms with van der Waals surface area (Å²) in [6.45, 7) is 4.64. The van der Waals surface area contributed by atoms with Gasteiger partial charge < -0.3 is 15.4 Å². The second kappa shape index (κ2) is 11.2. The Bertz CT molecular complexity index is 776. The maximum Gasteiger partial charge on any atom is 0.243 e. The first-order valence-electron chi connectivity index (χ1n) is 9.71. The maximum absolute atomic E-state index is 12.6. The van der Waals surface area contributed by atoms with E-state index in [4.69, 9.17) is 4.74 Å². The number of hydrogen-bond acceptors (Lipinski definition) is 6. The lowest BCUT2D eigenvalue weighted by atomic mass is 10.2. The van der Waals surface area contributed by atoms with Gasteiger partial charge in [-0.05, 0) is 31.2 Å². The smallest absolute Gasteiger partial charge is 0.243 e. The van der Waals surface area contributed by atoms with Crippen LogP contribution in [0.1, 0.15) is 18.9 Å². The number of carbonyl (C=O) groups excluding carboxylic acids is 2. The van der Waals surface area contributed by atoms with Crippen molar-refractivity contribution in [2.24, 2.45) is 0 Å². The maximum atomic E-state index is 12.6. The fraction of sp³-hybridized carbons (Fsp3) is 0.579. The largest absolute Gasteiger partial charge is 0.379 e. The van der Waals surface area contributed by atoms with Gasteiger partial charge in [0.2, 0.25) is 21.8 Å². The number of hydrogen-bond donors (Lipinski definition) is 2. The molecule has 0 aliphatic carbocycles. The van der Waals surface area contributed by atoms with Gasteiger partial charge >= 0.3 is 0 Å². The van der Waals surface area contributed by atoms with Gasteiger partial charge in [-0.25, -0.2) is 8.42 Å². The number of morpholine rings is 1. The molecule has 1 heterocycles. The number of benzene rings is 1. The summed E-state index contributed by atoms with van der Waals surface area (Å²) in [6.07, 6.45) is 0.864. The number of amides is 2. The average molecular weight is 427 g/mol. The zero-order valence-corrected chi connectivity index (χ0v) is 17.8. The zero-order valence-electron chi connectivity index (χ0n) is 17.0. The van der Waals surface area contributed by atoms with E-state index in [1.807, 2.05) is 6.92 Å². The molecule has 0 bridgehead atoms. The Morgan fingerprint density at radius 3 is 2.24 bits per heavy atom. The first-order valence-corrected chi connectivity index (χ1v) is 11.2. The standard InChI is InChI=1S/C19H30N4O5S/c1-3-8-20-18(24)14-22(2)15-19(25)21-13-16-4-6-17(7-5-16)29(26,27)23-9-11-28-12-10-23/h4-7H,3,8-15H2,1-2H3,(H,20,24)(H,21,25). The third-order valence-electron chi connectivity index (χ3n) is 4.42. The highest BCUT2D eigenvalue weighted by Gasteiger charge is 2.26. The lowest BCUT2D eigenvalue weighted by Gasteiger charge is -2.26. The van der Waals surface area contributed by atoms with Crippen molar-refractivity contribution in [2.45, 2.75) is 24.8 Å². The van der Waals surface area contributed by atoms with Gasteiger partial charge in [0.15, 0.2) is 0 Å². The van der Waals surface area contributed by atoms with Gasteiger partial charge in [-0.15, -0.1) is 0 Å². The van der Waals surface area contributed by atoms with E-state index in [1.54, 1.807) is 36.2 Å². The van der Waals surface area contributed by atoms with Gasteiger partial charge in [-0.1, -0.05) is 19.1 Å². The lowest BCUT2D eigenvalue weighted by Crippen LogP contribution is -2.41. The van der Waals surface area contributed by atoms with E-state index in [0.29, 0.717) is 32.8 Å². The molecule has 9 nitrogen and oxygen atoms in total. The number of carbonyl (C=O) groups is 2. The van der Waals surface area contributed by atoms with Crippen molar-refractivity contribution < 1.29 is 22.7 Å². The lowest BCUT2D eigenvalue weighted by molar-refractivity contribution is -0.124. The number of rotatable bonds is 10. The zero-order chi connectivity index (χ0) is 21.3. The number of ether oxygens (including phenoxy) is 1. The summed E-state index contributed by atoms with van der Waals surface area (Å²) < 4.78 is 31.8. The highest BCUT2D eigenvalue weighted by molar-refractivity contribution is 7.89. The van der Waals surface area contributed by atoms with Crippen LogP contribution in [0.25, 0.3) is 0 Å². The molecule has 0 saturated carbocycles.